The molecule has 2 aliphatic rings. The van der Waals surface area contributed by atoms with Crippen molar-refractivity contribution < 1.29 is 4.79 Å². The second-order valence-corrected chi connectivity index (χ2v) is 10.6. The molecule has 6 rings (SSSR count). The van der Waals surface area contributed by atoms with Crippen molar-refractivity contribution in [3.8, 4) is 0 Å². The van der Waals surface area contributed by atoms with Gasteiger partial charge in [-0.25, -0.2) is 4.52 Å². The third kappa shape index (κ3) is 2.74. The molecule has 1 amide bonds. The van der Waals surface area contributed by atoms with Crippen molar-refractivity contribution in [3.63, 3.8) is 0 Å². The number of hydrogen-bond acceptors (Lipinski definition) is 6. The molecule has 4 aromatic rings. The fourth-order valence-corrected chi connectivity index (χ4v) is 6.43. The number of fused-ring (bicyclic) bond motifs is 5. The van der Waals surface area contributed by atoms with Crippen molar-refractivity contribution >= 4 is 65.6 Å². The molecule has 1 saturated heterocycles. The number of nitrogens with one attached hydrogen (secondary N) is 2. The number of nitrogens with zero attached hydrogens (tertiary/aromatic N) is 4. The molecule has 4 aromatic heterocycles. The van der Waals surface area contributed by atoms with Crippen molar-refractivity contribution in [1.29, 1.82) is 0 Å². The van der Waals surface area contributed by atoms with E-state index in [-0.39, 0.29) is 17.0 Å². The summed E-state index contributed by atoms with van der Waals surface area (Å²) in [5, 5.41) is 8.01. The number of aromatic nitrogens is 4. The highest BCUT2D eigenvalue weighted by molar-refractivity contribution is 9.11. The molecular formula is C20H19BrN6O2S. The molecule has 5 heterocycles. The second kappa shape index (κ2) is 6.60. The van der Waals surface area contributed by atoms with Crippen LogP contribution in [0.2, 0.25) is 0 Å². The van der Waals surface area contributed by atoms with Crippen molar-refractivity contribution in [1.82, 2.24) is 24.5 Å². The summed E-state index contributed by atoms with van der Waals surface area (Å²) in [5.41, 5.74) is 2.37. The van der Waals surface area contributed by atoms with E-state index in [0.29, 0.717) is 34.2 Å². The summed E-state index contributed by atoms with van der Waals surface area (Å²) in [6.45, 7) is 1.39. The summed E-state index contributed by atoms with van der Waals surface area (Å²) in [7, 11) is 0. The van der Waals surface area contributed by atoms with E-state index < -0.39 is 0 Å². The Balaban J connectivity index is 1.31. The topological polar surface area (TPSA) is 95.4 Å². The van der Waals surface area contributed by atoms with Crippen molar-refractivity contribution in [2.75, 3.05) is 18.4 Å². The maximum absolute atomic E-state index is 12.7. The van der Waals surface area contributed by atoms with E-state index in [0.717, 1.165) is 15.2 Å². The van der Waals surface area contributed by atoms with E-state index in [1.165, 1.54) is 43.4 Å². The van der Waals surface area contributed by atoms with E-state index >= 15 is 0 Å². The number of halogens is 1. The highest BCUT2D eigenvalue weighted by Gasteiger charge is 2.45. The van der Waals surface area contributed by atoms with Crippen LogP contribution in [-0.4, -0.2) is 49.0 Å². The first-order valence-corrected chi connectivity index (χ1v) is 11.7. The molecule has 0 radical (unpaired) electrons. The van der Waals surface area contributed by atoms with Gasteiger partial charge in [-0.1, -0.05) is 0 Å². The largest absolute Gasteiger partial charge is 0.324 e. The van der Waals surface area contributed by atoms with Crippen LogP contribution < -0.4 is 10.9 Å². The van der Waals surface area contributed by atoms with Gasteiger partial charge in [-0.2, -0.15) is 5.10 Å². The number of aromatic amines is 1. The monoisotopic (exact) mass is 486 g/mol. The normalized spacial score (nSPS) is 18.6. The van der Waals surface area contributed by atoms with Crippen LogP contribution in [0.4, 0.5) is 5.69 Å². The molecule has 1 aliphatic carbocycles. The number of hydrogen-bond donors (Lipinski definition) is 2. The van der Waals surface area contributed by atoms with Crippen molar-refractivity contribution in [2.45, 2.75) is 37.6 Å². The van der Waals surface area contributed by atoms with Gasteiger partial charge < -0.3 is 10.3 Å². The van der Waals surface area contributed by atoms with Gasteiger partial charge in [0.1, 0.15) is 21.3 Å². The first-order valence-electron chi connectivity index (χ1n) is 10.1. The average molecular weight is 487 g/mol. The molecule has 8 nitrogen and oxygen atoms in total. The van der Waals surface area contributed by atoms with Crippen LogP contribution >= 0.6 is 27.3 Å². The van der Waals surface area contributed by atoms with Gasteiger partial charge in [0.2, 0.25) is 5.91 Å². The predicted molar refractivity (Wildman–Crippen MR) is 120 cm³/mol. The molecule has 2 N–H and O–H groups in total. The first-order chi connectivity index (χ1) is 14.5. The summed E-state index contributed by atoms with van der Waals surface area (Å²) in [4.78, 5) is 35.9. The minimum atomic E-state index is -0.212. The molecule has 1 aliphatic heterocycles. The summed E-state index contributed by atoms with van der Waals surface area (Å²) in [6, 6.07) is 1.76. The zero-order chi connectivity index (χ0) is 20.5. The number of pyridine rings is 2. The van der Waals surface area contributed by atoms with Gasteiger partial charge in [-0.3, -0.25) is 19.5 Å². The van der Waals surface area contributed by atoms with E-state index in [4.69, 9.17) is 0 Å². The second-order valence-electron chi connectivity index (χ2n) is 8.23. The van der Waals surface area contributed by atoms with Gasteiger partial charge in [-0.05, 0) is 60.6 Å². The number of rotatable bonds is 3. The Bertz CT molecular complexity index is 1380. The Labute approximate surface area is 183 Å². The van der Waals surface area contributed by atoms with E-state index in [2.05, 4.69) is 41.2 Å². The van der Waals surface area contributed by atoms with Crippen LogP contribution in [0.5, 0.6) is 0 Å². The highest BCUT2D eigenvalue weighted by Crippen LogP contribution is 2.45. The van der Waals surface area contributed by atoms with Gasteiger partial charge in [0, 0.05) is 5.54 Å². The minimum Gasteiger partial charge on any atom is -0.324 e. The maximum atomic E-state index is 12.7. The maximum Gasteiger partial charge on any atom is 0.261 e. The summed E-state index contributed by atoms with van der Waals surface area (Å²) in [6.07, 6.45) is 9.49. The first kappa shape index (κ1) is 18.5. The Morgan fingerprint density at radius 2 is 2.13 bits per heavy atom. The highest BCUT2D eigenvalue weighted by atomic mass is 79.9. The molecule has 0 atom stereocenters. The molecule has 1 spiro atoms. The van der Waals surface area contributed by atoms with E-state index in [1.54, 1.807) is 16.8 Å². The summed E-state index contributed by atoms with van der Waals surface area (Å²) >= 11 is 4.88. The number of anilines is 1. The van der Waals surface area contributed by atoms with Gasteiger partial charge in [-0.15, -0.1) is 11.3 Å². The molecular weight excluding hydrogens is 468 g/mol. The van der Waals surface area contributed by atoms with Crippen molar-refractivity contribution in [3.05, 3.63) is 32.6 Å². The summed E-state index contributed by atoms with van der Waals surface area (Å²) < 4.78 is 2.59. The third-order valence-electron chi connectivity index (χ3n) is 6.52. The van der Waals surface area contributed by atoms with Crippen LogP contribution in [0.1, 0.15) is 32.1 Å². The lowest BCUT2D eigenvalue weighted by molar-refractivity contribution is -0.119. The number of carbonyl (C=O) groups excluding carboxylic acids is 1. The van der Waals surface area contributed by atoms with Crippen molar-refractivity contribution in [2.24, 2.45) is 0 Å². The summed E-state index contributed by atoms with van der Waals surface area (Å²) in [5.74, 6) is -0.0416. The molecule has 0 aromatic carbocycles. The van der Waals surface area contributed by atoms with Gasteiger partial charge in [0.25, 0.3) is 5.56 Å². The number of H-pyrrole nitrogens is 1. The molecule has 0 unspecified atom stereocenters. The van der Waals surface area contributed by atoms with E-state index in [1.807, 2.05) is 6.20 Å². The van der Waals surface area contributed by atoms with Gasteiger partial charge in [0.05, 0.1) is 33.9 Å². The standard InChI is InChI=1S/C20H19BrN6O2S/c21-13-9-27-19(30-13)15-17(25-27)16-12(24-18(15)29)7-11(8-22-16)23-14(28)10-26-6-2-5-20(26)3-1-4-20/h7-9H,1-6,10H2,(H,23,28)(H,24,29). The van der Waals surface area contributed by atoms with Crippen LogP contribution in [0, 0.1) is 0 Å². The lowest BCUT2D eigenvalue weighted by Crippen LogP contribution is -2.51. The zero-order valence-electron chi connectivity index (χ0n) is 16.1. The van der Waals surface area contributed by atoms with Crippen LogP contribution in [0.15, 0.2) is 27.0 Å². The molecule has 30 heavy (non-hydrogen) atoms. The number of amides is 1. The van der Waals surface area contributed by atoms with Crippen LogP contribution in [-0.2, 0) is 4.79 Å². The predicted octanol–water partition coefficient (Wildman–Crippen LogP) is 3.51. The third-order valence-corrected chi connectivity index (χ3v) is 8.09. The van der Waals surface area contributed by atoms with Crippen LogP contribution in [0.25, 0.3) is 26.8 Å². The Kier molecular flexibility index (Phi) is 4.06. The molecule has 2 fully saturated rings. The molecule has 10 heteroatoms. The quantitative estimate of drug-likeness (QED) is 0.461. The average Bonchev–Trinajstić information content (AvgIpc) is 3.33. The zero-order valence-corrected chi connectivity index (χ0v) is 18.5. The molecule has 0 bridgehead atoms. The van der Waals surface area contributed by atoms with E-state index in [9.17, 15) is 9.59 Å². The smallest absolute Gasteiger partial charge is 0.261 e. The number of carbonyl (C=O) groups is 1. The lowest BCUT2D eigenvalue weighted by atomic mass is 9.75. The number of likely N-dealkylation sites (tertiary alicyclic amines) is 1. The Hall–Kier alpha value is -2.30. The van der Waals surface area contributed by atoms with Gasteiger partial charge >= 0.3 is 0 Å². The van der Waals surface area contributed by atoms with Crippen LogP contribution in [0.3, 0.4) is 0 Å². The fourth-order valence-electron chi connectivity index (χ4n) is 4.96. The molecule has 1 saturated carbocycles. The number of thiazole rings is 1. The minimum absolute atomic E-state index is 0.0416. The fraction of sp³-hybridized carbons (Fsp3) is 0.400. The Morgan fingerprint density at radius 3 is 2.93 bits per heavy atom. The Morgan fingerprint density at radius 1 is 1.30 bits per heavy atom. The molecule has 154 valence electrons. The van der Waals surface area contributed by atoms with Gasteiger partial charge in [0.15, 0.2) is 0 Å². The SMILES string of the molecule is O=C(CN1CCCC12CCC2)Nc1cnc2c(c1)[nH]c(=O)c1c2nn2cc(Br)sc12. The lowest BCUT2D eigenvalue weighted by Gasteiger charge is -2.45.